The van der Waals surface area contributed by atoms with Crippen molar-refractivity contribution in [2.24, 2.45) is 0 Å². The minimum atomic E-state index is -4.91. The van der Waals surface area contributed by atoms with Gasteiger partial charge in [0.25, 0.3) is 11.8 Å². The SMILES string of the molecule is O=[N+]([O-])C1=Cc2cc(C#Cc3ccc(F)cc3)ccc2OC1C(F)(F)F. The van der Waals surface area contributed by atoms with E-state index in [1.807, 2.05) is 0 Å². The molecule has 0 radical (unpaired) electrons. The van der Waals surface area contributed by atoms with Gasteiger partial charge in [-0.1, -0.05) is 11.8 Å². The first-order valence-electron chi connectivity index (χ1n) is 7.25. The van der Waals surface area contributed by atoms with Crippen molar-refractivity contribution in [2.45, 2.75) is 12.3 Å². The fraction of sp³-hybridized carbons (Fsp3) is 0.111. The smallest absolute Gasteiger partial charge is 0.436 e. The maximum Gasteiger partial charge on any atom is 0.436 e. The van der Waals surface area contributed by atoms with Gasteiger partial charge in [-0.05, 0) is 42.5 Å². The molecule has 0 aromatic heterocycles. The van der Waals surface area contributed by atoms with E-state index in [4.69, 9.17) is 4.74 Å². The van der Waals surface area contributed by atoms with Gasteiger partial charge in [0.15, 0.2) is 0 Å². The van der Waals surface area contributed by atoms with Crippen molar-refractivity contribution in [2.75, 3.05) is 0 Å². The monoisotopic (exact) mass is 363 g/mol. The fourth-order valence-electron chi connectivity index (χ4n) is 2.33. The maximum atomic E-state index is 12.9. The third kappa shape index (κ3) is 3.67. The van der Waals surface area contributed by atoms with Gasteiger partial charge in [-0.15, -0.1) is 0 Å². The minimum Gasteiger partial charge on any atom is -0.469 e. The summed E-state index contributed by atoms with van der Waals surface area (Å²) in [5.74, 6) is 5.01. The summed E-state index contributed by atoms with van der Waals surface area (Å²) in [5.41, 5.74) is -0.00291. The standard InChI is InChI=1S/C18H9F4NO3/c19-14-6-3-11(4-7-14)1-2-12-5-8-16-13(9-12)10-15(23(24)25)17(26-16)18(20,21)22/h3-10,17H. The van der Waals surface area contributed by atoms with E-state index in [-0.39, 0.29) is 11.3 Å². The molecule has 3 rings (SSSR count). The minimum absolute atomic E-state index is 0.120. The van der Waals surface area contributed by atoms with Crippen molar-refractivity contribution < 1.29 is 27.2 Å². The highest BCUT2D eigenvalue weighted by molar-refractivity contribution is 5.64. The molecule has 132 valence electrons. The van der Waals surface area contributed by atoms with Gasteiger partial charge in [0, 0.05) is 22.8 Å². The van der Waals surface area contributed by atoms with Crippen molar-refractivity contribution >= 4 is 6.08 Å². The second kappa shape index (κ2) is 6.52. The van der Waals surface area contributed by atoms with Crippen LogP contribution < -0.4 is 4.74 Å². The van der Waals surface area contributed by atoms with E-state index in [1.54, 1.807) is 0 Å². The molecule has 0 saturated heterocycles. The molecule has 26 heavy (non-hydrogen) atoms. The molecule has 1 unspecified atom stereocenters. The van der Waals surface area contributed by atoms with Crippen LogP contribution in [0.15, 0.2) is 48.2 Å². The van der Waals surface area contributed by atoms with E-state index >= 15 is 0 Å². The largest absolute Gasteiger partial charge is 0.469 e. The first kappa shape index (κ1) is 17.5. The molecule has 1 heterocycles. The summed E-state index contributed by atoms with van der Waals surface area (Å²) < 4.78 is 56.5. The molecule has 1 atom stereocenters. The lowest BCUT2D eigenvalue weighted by Crippen LogP contribution is -2.40. The fourth-order valence-corrected chi connectivity index (χ4v) is 2.33. The Morgan fingerprint density at radius 1 is 1.04 bits per heavy atom. The molecule has 2 aromatic carbocycles. The predicted octanol–water partition coefficient (Wildman–Crippen LogP) is 4.17. The van der Waals surface area contributed by atoms with Crippen LogP contribution in [0.2, 0.25) is 0 Å². The number of benzene rings is 2. The number of rotatable bonds is 1. The van der Waals surface area contributed by atoms with Crippen molar-refractivity contribution in [3.05, 3.63) is 80.8 Å². The van der Waals surface area contributed by atoms with Crippen LogP contribution in [0.25, 0.3) is 6.08 Å². The summed E-state index contributed by atoms with van der Waals surface area (Å²) in [6.07, 6.45) is -6.70. The van der Waals surface area contributed by atoms with Gasteiger partial charge in [0.1, 0.15) is 11.6 Å². The highest BCUT2D eigenvalue weighted by atomic mass is 19.4. The van der Waals surface area contributed by atoms with Gasteiger partial charge < -0.3 is 4.74 Å². The highest BCUT2D eigenvalue weighted by Crippen LogP contribution is 2.37. The zero-order valence-electron chi connectivity index (χ0n) is 12.9. The Morgan fingerprint density at radius 3 is 2.27 bits per heavy atom. The van der Waals surface area contributed by atoms with Crippen molar-refractivity contribution in [1.29, 1.82) is 0 Å². The van der Waals surface area contributed by atoms with Gasteiger partial charge in [-0.3, -0.25) is 10.1 Å². The van der Waals surface area contributed by atoms with Crippen LogP contribution in [0.3, 0.4) is 0 Å². The summed E-state index contributed by atoms with van der Waals surface area (Å²) in [7, 11) is 0. The topological polar surface area (TPSA) is 52.4 Å². The zero-order chi connectivity index (χ0) is 18.9. The van der Waals surface area contributed by atoms with Gasteiger partial charge in [0.2, 0.25) is 0 Å². The molecular weight excluding hydrogens is 354 g/mol. The lowest BCUT2D eigenvalue weighted by Gasteiger charge is -2.24. The molecular formula is C18H9F4NO3. The van der Waals surface area contributed by atoms with Crippen LogP contribution in [-0.4, -0.2) is 17.2 Å². The number of halogens is 4. The van der Waals surface area contributed by atoms with E-state index in [0.29, 0.717) is 11.1 Å². The van der Waals surface area contributed by atoms with E-state index in [2.05, 4.69) is 11.8 Å². The lowest BCUT2D eigenvalue weighted by atomic mass is 10.0. The normalized spacial score (nSPS) is 15.8. The first-order chi connectivity index (χ1) is 12.2. The Morgan fingerprint density at radius 2 is 1.65 bits per heavy atom. The van der Waals surface area contributed by atoms with Crippen molar-refractivity contribution in [3.63, 3.8) is 0 Å². The Balaban J connectivity index is 1.95. The number of hydrogen-bond acceptors (Lipinski definition) is 3. The van der Waals surface area contributed by atoms with E-state index in [0.717, 1.165) is 6.08 Å². The first-order valence-corrected chi connectivity index (χ1v) is 7.25. The second-order valence-corrected chi connectivity index (χ2v) is 5.38. The summed E-state index contributed by atoms with van der Waals surface area (Å²) in [6, 6.07) is 9.54. The Bertz CT molecular complexity index is 953. The van der Waals surface area contributed by atoms with Crippen LogP contribution in [0.5, 0.6) is 5.75 Å². The molecule has 0 spiro atoms. The van der Waals surface area contributed by atoms with Gasteiger partial charge in [-0.2, -0.15) is 13.2 Å². The quantitative estimate of drug-likeness (QED) is 0.331. The van der Waals surface area contributed by atoms with E-state index in [9.17, 15) is 27.7 Å². The summed E-state index contributed by atoms with van der Waals surface area (Å²) in [6.45, 7) is 0. The summed E-state index contributed by atoms with van der Waals surface area (Å²) in [4.78, 5) is 9.83. The summed E-state index contributed by atoms with van der Waals surface area (Å²) >= 11 is 0. The predicted molar refractivity (Wildman–Crippen MR) is 84.3 cm³/mol. The molecule has 1 aliphatic rings. The zero-order valence-corrected chi connectivity index (χ0v) is 12.9. The van der Waals surface area contributed by atoms with Crippen LogP contribution in [-0.2, 0) is 0 Å². The molecule has 0 bridgehead atoms. The molecule has 0 N–H and O–H groups in total. The van der Waals surface area contributed by atoms with Crippen LogP contribution in [0, 0.1) is 27.8 Å². The second-order valence-electron chi connectivity index (χ2n) is 5.38. The number of nitro groups is 1. The lowest BCUT2D eigenvalue weighted by molar-refractivity contribution is -0.443. The van der Waals surface area contributed by atoms with E-state index in [1.165, 1.54) is 42.5 Å². The van der Waals surface area contributed by atoms with Crippen molar-refractivity contribution in [3.8, 4) is 17.6 Å². The van der Waals surface area contributed by atoms with Crippen LogP contribution in [0.4, 0.5) is 17.6 Å². The average Bonchev–Trinajstić information content (AvgIpc) is 2.59. The van der Waals surface area contributed by atoms with Gasteiger partial charge >= 0.3 is 6.18 Å². The number of hydrogen-bond donors (Lipinski definition) is 0. The Labute approximate surface area is 144 Å². The molecule has 2 aromatic rings. The highest BCUT2D eigenvalue weighted by Gasteiger charge is 2.51. The van der Waals surface area contributed by atoms with Gasteiger partial charge in [0.05, 0.1) is 4.92 Å². The number of nitrogens with zero attached hydrogens (tertiary/aromatic N) is 1. The van der Waals surface area contributed by atoms with E-state index < -0.39 is 28.7 Å². The maximum absolute atomic E-state index is 12.9. The average molecular weight is 363 g/mol. The summed E-state index contributed by atoms with van der Waals surface area (Å²) in [5, 5.41) is 10.9. The van der Waals surface area contributed by atoms with Crippen LogP contribution in [0.1, 0.15) is 16.7 Å². The molecule has 4 nitrogen and oxygen atoms in total. The Kier molecular flexibility index (Phi) is 4.38. The molecule has 1 aliphatic heterocycles. The Hall–Kier alpha value is -3.34. The molecule has 0 saturated carbocycles. The van der Waals surface area contributed by atoms with Crippen molar-refractivity contribution in [1.82, 2.24) is 0 Å². The third-order valence-corrected chi connectivity index (χ3v) is 3.53. The molecule has 0 amide bonds. The van der Waals surface area contributed by atoms with Gasteiger partial charge in [-0.25, -0.2) is 4.39 Å². The number of fused-ring (bicyclic) bond motifs is 1. The number of ether oxygens (including phenoxy) is 1. The molecule has 8 heteroatoms. The third-order valence-electron chi connectivity index (χ3n) is 3.53. The molecule has 0 aliphatic carbocycles. The number of alkyl halides is 3. The van der Waals surface area contributed by atoms with Crippen LogP contribution >= 0.6 is 0 Å². The molecule has 0 fully saturated rings.